The van der Waals surface area contributed by atoms with Gasteiger partial charge in [-0.05, 0) is 67.4 Å². The number of benzene rings is 3. The van der Waals surface area contributed by atoms with Crippen LogP contribution in [-0.2, 0) is 9.59 Å². The van der Waals surface area contributed by atoms with Gasteiger partial charge in [0.2, 0.25) is 0 Å². The number of hydrazine groups is 1. The highest BCUT2D eigenvalue weighted by Gasteiger charge is 2.34. The predicted octanol–water partition coefficient (Wildman–Crippen LogP) is 4.31. The lowest BCUT2D eigenvalue weighted by atomic mass is 10.1. The zero-order chi connectivity index (χ0) is 23.9. The molecule has 7 heteroatoms. The van der Waals surface area contributed by atoms with Gasteiger partial charge in [-0.15, -0.1) is 0 Å². The van der Waals surface area contributed by atoms with E-state index in [-0.39, 0.29) is 5.57 Å². The van der Waals surface area contributed by atoms with Crippen molar-refractivity contribution < 1.29 is 23.8 Å². The number of nitrogens with zero attached hydrogens (tertiary/aromatic N) is 1. The van der Waals surface area contributed by atoms with Gasteiger partial charge >= 0.3 is 0 Å². The molecule has 0 spiro atoms. The third-order valence-corrected chi connectivity index (χ3v) is 5.08. The Bertz CT molecular complexity index is 1210. The van der Waals surface area contributed by atoms with Crippen molar-refractivity contribution >= 4 is 23.6 Å². The molecule has 1 N–H and O–H groups in total. The van der Waals surface area contributed by atoms with Crippen LogP contribution in [0.5, 0.6) is 17.2 Å². The number of nitrogens with one attached hydrogen (secondary N) is 1. The Morgan fingerprint density at radius 3 is 2.41 bits per heavy atom. The fraction of sp³-hybridized carbons (Fsp3) is 0.185. The van der Waals surface area contributed by atoms with Crippen molar-refractivity contribution in [1.82, 2.24) is 5.43 Å². The number of amides is 2. The molecule has 3 aromatic rings. The maximum absolute atomic E-state index is 12.8. The molecule has 0 atom stereocenters. The number of rotatable bonds is 9. The number of para-hydroxylation sites is 1. The Hall–Kier alpha value is -4.26. The predicted molar refractivity (Wildman–Crippen MR) is 130 cm³/mol. The van der Waals surface area contributed by atoms with Crippen molar-refractivity contribution in [1.29, 1.82) is 0 Å². The lowest BCUT2D eigenvalue weighted by molar-refractivity contribution is -0.117. The molecule has 0 radical (unpaired) electrons. The minimum atomic E-state index is -0.458. The Morgan fingerprint density at radius 1 is 0.853 bits per heavy atom. The third-order valence-electron chi connectivity index (χ3n) is 5.08. The van der Waals surface area contributed by atoms with E-state index in [9.17, 15) is 9.59 Å². The van der Waals surface area contributed by atoms with Crippen LogP contribution < -0.4 is 24.6 Å². The van der Waals surface area contributed by atoms with Crippen LogP contribution in [0, 0.1) is 6.92 Å². The normalized spacial score (nSPS) is 14.3. The first kappa shape index (κ1) is 22.9. The number of carbonyl (C=O) groups excluding carboxylic acids is 2. The first-order valence-corrected chi connectivity index (χ1v) is 11.1. The fourth-order valence-electron chi connectivity index (χ4n) is 3.50. The molecule has 4 rings (SSSR count). The summed E-state index contributed by atoms with van der Waals surface area (Å²) in [7, 11) is 0. The van der Waals surface area contributed by atoms with E-state index in [1.54, 1.807) is 48.5 Å². The minimum Gasteiger partial charge on any atom is -0.490 e. The fourth-order valence-corrected chi connectivity index (χ4v) is 3.50. The van der Waals surface area contributed by atoms with Crippen LogP contribution in [-0.4, -0.2) is 31.6 Å². The SMILES string of the molecule is CCOc1cc(C=C2C(=O)NN(c3ccccc3)C2=O)ccc1OCCOc1cccc(C)c1. The third kappa shape index (κ3) is 5.38. The molecule has 34 heavy (non-hydrogen) atoms. The van der Waals surface area contributed by atoms with Gasteiger partial charge in [-0.3, -0.25) is 15.0 Å². The van der Waals surface area contributed by atoms with Gasteiger partial charge < -0.3 is 14.2 Å². The van der Waals surface area contributed by atoms with Crippen LogP contribution in [0.2, 0.25) is 0 Å². The zero-order valence-corrected chi connectivity index (χ0v) is 19.1. The van der Waals surface area contributed by atoms with E-state index in [0.717, 1.165) is 11.3 Å². The summed E-state index contributed by atoms with van der Waals surface area (Å²) in [6, 6.07) is 22.1. The molecule has 2 amide bonds. The van der Waals surface area contributed by atoms with Gasteiger partial charge in [0.05, 0.1) is 12.3 Å². The maximum atomic E-state index is 12.8. The molecule has 1 saturated heterocycles. The highest BCUT2D eigenvalue weighted by atomic mass is 16.5. The Morgan fingerprint density at radius 2 is 1.65 bits per heavy atom. The molecule has 1 heterocycles. The number of ether oxygens (including phenoxy) is 3. The average molecular weight is 459 g/mol. The van der Waals surface area contributed by atoms with E-state index in [1.165, 1.54) is 5.01 Å². The summed E-state index contributed by atoms with van der Waals surface area (Å²) in [5.41, 5.74) is 5.02. The van der Waals surface area contributed by atoms with Crippen molar-refractivity contribution in [3.63, 3.8) is 0 Å². The molecule has 3 aromatic carbocycles. The molecule has 0 aliphatic carbocycles. The molecular weight excluding hydrogens is 432 g/mol. The van der Waals surface area contributed by atoms with Gasteiger partial charge in [-0.25, -0.2) is 5.01 Å². The van der Waals surface area contributed by atoms with Gasteiger partial charge in [-0.1, -0.05) is 36.4 Å². The van der Waals surface area contributed by atoms with E-state index in [4.69, 9.17) is 14.2 Å². The second kappa shape index (κ2) is 10.6. The summed E-state index contributed by atoms with van der Waals surface area (Å²) in [6.45, 7) is 5.04. The molecule has 0 aromatic heterocycles. The summed E-state index contributed by atoms with van der Waals surface area (Å²) >= 11 is 0. The second-order valence-electron chi connectivity index (χ2n) is 7.63. The van der Waals surface area contributed by atoms with Gasteiger partial charge in [0.1, 0.15) is 24.5 Å². The standard InChI is InChI=1S/C27H26N2O5/c1-3-32-25-18-20(12-13-24(25)34-15-14-33-22-11-7-8-19(2)16-22)17-23-26(30)28-29(27(23)31)21-9-5-4-6-10-21/h4-13,16-18H,3,14-15H2,1-2H3,(H,28,30). The first-order chi connectivity index (χ1) is 16.5. The van der Waals surface area contributed by atoms with Gasteiger partial charge in [-0.2, -0.15) is 0 Å². The Balaban J connectivity index is 1.45. The van der Waals surface area contributed by atoms with Crippen LogP contribution >= 0.6 is 0 Å². The number of anilines is 1. The summed E-state index contributed by atoms with van der Waals surface area (Å²) in [5, 5.41) is 1.24. The number of hydrogen-bond acceptors (Lipinski definition) is 5. The molecule has 1 aliphatic rings. The molecule has 0 saturated carbocycles. The smallest absolute Gasteiger partial charge is 0.282 e. The van der Waals surface area contributed by atoms with E-state index in [2.05, 4.69) is 5.43 Å². The summed E-state index contributed by atoms with van der Waals surface area (Å²) in [6.07, 6.45) is 1.55. The van der Waals surface area contributed by atoms with Gasteiger partial charge in [0.15, 0.2) is 11.5 Å². The first-order valence-electron chi connectivity index (χ1n) is 11.1. The molecule has 0 bridgehead atoms. The van der Waals surface area contributed by atoms with Gasteiger partial charge in [0, 0.05) is 0 Å². The van der Waals surface area contributed by atoms with Crippen LogP contribution in [0.15, 0.2) is 78.4 Å². The van der Waals surface area contributed by atoms with E-state index < -0.39 is 11.8 Å². The van der Waals surface area contributed by atoms with E-state index in [1.807, 2.05) is 44.2 Å². The quantitative estimate of drug-likeness (QED) is 0.294. The average Bonchev–Trinajstić information content (AvgIpc) is 3.12. The molecule has 1 fully saturated rings. The zero-order valence-electron chi connectivity index (χ0n) is 19.1. The summed E-state index contributed by atoms with van der Waals surface area (Å²) in [4.78, 5) is 25.3. The van der Waals surface area contributed by atoms with E-state index in [0.29, 0.717) is 42.6 Å². The molecule has 174 valence electrons. The lowest BCUT2D eigenvalue weighted by Crippen LogP contribution is -2.35. The monoisotopic (exact) mass is 458 g/mol. The largest absolute Gasteiger partial charge is 0.490 e. The van der Waals surface area contributed by atoms with Crippen LogP contribution in [0.25, 0.3) is 6.08 Å². The van der Waals surface area contributed by atoms with Crippen LogP contribution in [0.4, 0.5) is 5.69 Å². The van der Waals surface area contributed by atoms with Crippen LogP contribution in [0.3, 0.4) is 0 Å². The summed E-state index contributed by atoms with van der Waals surface area (Å²) < 4.78 is 17.3. The lowest BCUT2D eigenvalue weighted by Gasteiger charge is -2.14. The van der Waals surface area contributed by atoms with E-state index >= 15 is 0 Å². The molecule has 7 nitrogen and oxygen atoms in total. The van der Waals surface area contributed by atoms with Crippen molar-refractivity contribution in [2.24, 2.45) is 0 Å². The minimum absolute atomic E-state index is 0.0477. The Labute approximate surface area is 198 Å². The highest BCUT2D eigenvalue weighted by molar-refractivity contribution is 6.31. The topological polar surface area (TPSA) is 77.1 Å². The Kier molecular flexibility index (Phi) is 7.13. The van der Waals surface area contributed by atoms with Crippen molar-refractivity contribution in [2.45, 2.75) is 13.8 Å². The molecule has 0 unspecified atom stereocenters. The number of carbonyl (C=O) groups is 2. The number of hydrogen-bond donors (Lipinski definition) is 1. The maximum Gasteiger partial charge on any atom is 0.282 e. The number of aryl methyl sites for hydroxylation is 1. The van der Waals surface area contributed by atoms with Crippen molar-refractivity contribution in [2.75, 3.05) is 24.8 Å². The summed E-state index contributed by atoms with van der Waals surface area (Å²) in [5.74, 6) is 1.01. The molecular formula is C27H26N2O5. The van der Waals surface area contributed by atoms with Crippen molar-refractivity contribution in [3.05, 3.63) is 89.5 Å². The second-order valence-corrected chi connectivity index (χ2v) is 7.63. The molecule has 1 aliphatic heterocycles. The van der Waals surface area contributed by atoms with Crippen molar-refractivity contribution in [3.8, 4) is 17.2 Å². The highest BCUT2D eigenvalue weighted by Crippen LogP contribution is 2.30. The van der Waals surface area contributed by atoms with Crippen LogP contribution in [0.1, 0.15) is 18.1 Å². The van der Waals surface area contributed by atoms with Gasteiger partial charge in [0.25, 0.3) is 11.8 Å².